The van der Waals surface area contributed by atoms with Crippen molar-refractivity contribution in [3.05, 3.63) is 51.2 Å². The number of halogens is 1. The smallest absolute Gasteiger partial charge is 0.241 e. The predicted octanol–water partition coefficient (Wildman–Crippen LogP) is 3.79. The molecule has 1 N–H and O–H groups in total. The zero-order valence-corrected chi connectivity index (χ0v) is 13.4. The molecule has 0 saturated carbocycles. The topological polar surface area (TPSA) is 32.3 Å². The second kappa shape index (κ2) is 6.18. The number of hydrogen-bond acceptors (Lipinski definition) is 3. The normalized spacial score (nSPS) is 16.3. The minimum atomic E-state index is -0.145. The molecule has 2 heterocycles. The van der Waals surface area contributed by atoms with Crippen LogP contribution in [0, 0.1) is 0 Å². The van der Waals surface area contributed by atoms with Crippen molar-refractivity contribution in [1.29, 1.82) is 0 Å². The van der Waals surface area contributed by atoms with Gasteiger partial charge in [-0.1, -0.05) is 11.6 Å². The summed E-state index contributed by atoms with van der Waals surface area (Å²) in [6.07, 6.45) is 1.03. The molecule has 1 aliphatic heterocycles. The summed E-state index contributed by atoms with van der Waals surface area (Å²) in [6.45, 7) is 3.75. The van der Waals surface area contributed by atoms with Gasteiger partial charge in [0, 0.05) is 28.7 Å². The van der Waals surface area contributed by atoms with Gasteiger partial charge in [-0.3, -0.25) is 9.69 Å². The number of carbonyl (C=O) groups excluding carboxylic acids is 1. The Hall–Kier alpha value is -1.36. The summed E-state index contributed by atoms with van der Waals surface area (Å²) in [6, 6.07) is 9.21. The molecule has 21 heavy (non-hydrogen) atoms. The van der Waals surface area contributed by atoms with Gasteiger partial charge in [0.25, 0.3) is 0 Å². The minimum Gasteiger partial charge on any atom is -0.325 e. The van der Waals surface area contributed by atoms with Crippen LogP contribution in [0.25, 0.3) is 0 Å². The van der Waals surface area contributed by atoms with Gasteiger partial charge < -0.3 is 5.32 Å². The molecule has 3 rings (SSSR count). The van der Waals surface area contributed by atoms with Crippen LogP contribution < -0.4 is 5.32 Å². The van der Waals surface area contributed by atoms with Gasteiger partial charge in [0.2, 0.25) is 5.91 Å². The molecule has 2 aromatic rings. The van der Waals surface area contributed by atoms with Crippen molar-refractivity contribution in [1.82, 2.24) is 4.90 Å². The first kappa shape index (κ1) is 14.6. The molecule has 0 aliphatic carbocycles. The number of amides is 1. The van der Waals surface area contributed by atoms with Crippen LogP contribution >= 0.6 is 22.9 Å². The highest BCUT2D eigenvalue weighted by molar-refractivity contribution is 7.10. The van der Waals surface area contributed by atoms with Gasteiger partial charge in [-0.25, -0.2) is 0 Å². The van der Waals surface area contributed by atoms with Crippen molar-refractivity contribution in [2.24, 2.45) is 0 Å². The van der Waals surface area contributed by atoms with E-state index in [1.807, 2.05) is 30.4 Å². The van der Waals surface area contributed by atoms with Gasteiger partial charge in [-0.05, 0) is 54.6 Å². The van der Waals surface area contributed by atoms with E-state index >= 15 is 0 Å². The molecule has 1 atom stereocenters. The van der Waals surface area contributed by atoms with Crippen LogP contribution in [-0.2, 0) is 17.8 Å². The molecular weight excluding hydrogens is 304 g/mol. The first-order valence-electron chi connectivity index (χ1n) is 6.99. The Morgan fingerprint density at radius 1 is 1.33 bits per heavy atom. The van der Waals surface area contributed by atoms with E-state index in [-0.39, 0.29) is 11.9 Å². The highest BCUT2D eigenvalue weighted by atomic mass is 35.5. The second-order valence-electron chi connectivity index (χ2n) is 5.26. The first-order chi connectivity index (χ1) is 10.1. The maximum absolute atomic E-state index is 12.4. The number of nitrogens with one attached hydrogen (secondary N) is 1. The van der Waals surface area contributed by atoms with Gasteiger partial charge >= 0.3 is 0 Å². The highest BCUT2D eigenvalue weighted by Crippen LogP contribution is 2.25. The van der Waals surface area contributed by atoms with E-state index in [4.69, 9.17) is 11.6 Å². The van der Waals surface area contributed by atoms with Crippen molar-refractivity contribution in [3.8, 4) is 0 Å². The lowest BCUT2D eigenvalue weighted by Gasteiger charge is -2.31. The summed E-state index contributed by atoms with van der Waals surface area (Å²) in [5.41, 5.74) is 2.14. The van der Waals surface area contributed by atoms with Gasteiger partial charge in [-0.2, -0.15) is 0 Å². The molecule has 0 unspecified atom stereocenters. The van der Waals surface area contributed by atoms with Crippen LogP contribution in [0.2, 0.25) is 5.02 Å². The molecule has 1 amide bonds. The number of anilines is 1. The second-order valence-corrected chi connectivity index (χ2v) is 6.70. The van der Waals surface area contributed by atoms with E-state index in [1.54, 1.807) is 12.1 Å². The van der Waals surface area contributed by atoms with Gasteiger partial charge in [0.15, 0.2) is 0 Å². The molecule has 5 heteroatoms. The number of thiophene rings is 1. The molecule has 0 fully saturated rings. The SMILES string of the molecule is C[C@H](C(=O)Nc1ccc(Cl)cc1)N1CCc2sccc2C1. The predicted molar refractivity (Wildman–Crippen MR) is 88.0 cm³/mol. The number of rotatable bonds is 3. The van der Waals surface area contributed by atoms with E-state index in [1.165, 1.54) is 10.4 Å². The maximum atomic E-state index is 12.4. The molecule has 3 nitrogen and oxygen atoms in total. The average Bonchev–Trinajstić information content (AvgIpc) is 2.96. The van der Waals surface area contributed by atoms with Crippen LogP contribution in [0.4, 0.5) is 5.69 Å². The Morgan fingerprint density at radius 3 is 2.86 bits per heavy atom. The molecule has 1 aromatic heterocycles. The van der Waals surface area contributed by atoms with E-state index in [0.29, 0.717) is 5.02 Å². The number of nitrogens with zero attached hydrogens (tertiary/aromatic N) is 1. The van der Waals surface area contributed by atoms with Crippen LogP contribution in [0.5, 0.6) is 0 Å². The van der Waals surface area contributed by atoms with Crippen molar-refractivity contribution < 1.29 is 4.79 Å². The number of hydrogen-bond donors (Lipinski definition) is 1. The fourth-order valence-electron chi connectivity index (χ4n) is 2.55. The third-order valence-corrected chi connectivity index (χ3v) is 5.15. The molecule has 110 valence electrons. The Kier molecular flexibility index (Phi) is 4.29. The summed E-state index contributed by atoms with van der Waals surface area (Å²) in [4.78, 5) is 16.0. The quantitative estimate of drug-likeness (QED) is 0.933. The summed E-state index contributed by atoms with van der Waals surface area (Å²) < 4.78 is 0. The minimum absolute atomic E-state index is 0.0241. The first-order valence-corrected chi connectivity index (χ1v) is 8.25. The fraction of sp³-hybridized carbons (Fsp3) is 0.312. The summed E-state index contributed by atoms with van der Waals surface area (Å²) in [7, 11) is 0. The average molecular weight is 321 g/mol. The van der Waals surface area contributed by atoms with Crippen molar-refractivity contribution in [2.75, 3.05) is 11.9 Å². The summed E-state index contributed by atoms with van der Waals surface area (Å²) >= 11 is 7.66. The number of carbonyl (C=O) groups is 1. The highest BCUT2D eigenvalue weighted by Gasteiger charge is 2.25. The van der Waals surface area contributed by atoms with Crippen molar-refractivity contribution in [3.63, 3.8) is 0 Å². The lowest BCUT2D eigenvalue weighted by Crippen LogP contribution is -2.44. The molecule has 0 saturated heterocycles. The lowest BCUT2D eigenvalue weighted by atomic mass is 10.1. The van der Waals surface area contributed by atoms with Crippen molar-refractivity contribution in [2.45, 2.75) is 25.9 Å². The molecule has 1 aromatic carbocycles. The van der Waals surface area contributed by atoms with E-state index in [2.05, 4.69) is 21.7 Å². The Labute approximate surface area is 133 Å². The zero-order valence-electron chi connectivity index (χ0n) is 11.8. The third-order valence-electron chi connectivity index (χ3n) is 3.88. The van der Waals surface area contributed by atoms with Gasteiger partial charge in [0.1, 0.15) is 0 Å². The Bertz CT molecular complexity index is 638. The number of benzene rings is 1. The molecular formula is C16H17ClN2OS. The Morgan fingerprint density at radius 2 is 2.10 bits per heavy atom. The largest absolute Gasteiger partial charge is 0.325 e. The van der Waals surface area contributed by atoms with E-state index in [9.17, 15) is 4.79 Å². The van der Waals surface area contributed by atoms with Crippen LogP contribution in [0.15, 0.2) is 35.7 Å². The number of fused-ring (bicyclic) bond motifs is 1. The van der Waals surface area contributed by atoms with E-state index in [0.717, 1.165) is 25.2 Å². The zero-order chi connectivity index (χ0) is 14.8. The van der Waals surface area contributed by atoms with Gasteiger partial charge in [0.05, 0.1) is 6.04 Å². The van der Waals surface area contributed by atoms with Crippen LogP contribution in [-0.4, -0.2) is 23.4 Å². The molecule has 1 aliphatic rings. The summed E-state index contributed by atoms with van der Waals surface area (Å²) in [5.74, 6) is 0.0241. The van der Waals surface area contributed by atoms with Crippen LogP contribution in [0.3, 0.4) is 0 Å². The lowest BCUT2D eigenvalue weighted by molar-refractivity contribution is -0.121. The molecule has 0 radical (unpaired) electrons. The van der Waals surface area contributed by atoms with E-state index < -0.39 is 0 Å². The standard InChI is InChI=1S/C16H17ClN2OS/c1-11(16(20)18-14-4-2-13(17)3-5-14)19-8-6-15-12(10-19)7-9-21-15/h2-5,7,9,11H,6,8,10H2,1H3,(H,18,20)/t11-/m1/s1. The van der Waals surface area contributed by atoms with Gasteiger partial charge in [-0.15, -0.1) is 11.3 Å². The summed E-state index contributed by atoms with van der Waals surface area (Å²) in [5, 5.41) is 5.75. The monoisotopic (exact) mass is 320 g/mol. The molecule has 0 bridgehead atoms. The Balaban J connectivity index is 1.64. The van der Waals surface area contributed by atoms with Crippen LogP contribution in [0.1, 0.15) is 17.4 Å². The maximum Gasteiger partial charge on any atom is 0.241 e. The van der Waals surface area contributed by atoms with Crippen molar-refractivity contribution >= 4 is 34.5 Å². The third kappa shape index (κ3) is 3.28. The molecule has 0 spiro atoms. The fourth-order valence-corrected chi connectivity index (χ4v) is 3.56.